The lowest BCUT2D eigenvalue weighted by molar-refractivity contribution is 0.249. The molecule has 0 radical (unpaired) electrons. The van der Waals surface area contributed by atoms with Gasteiger partial charge in [0.1, 0.15) is 0 Å². The topological polar surface area (TPSA) is 41.1 Å². The van der Waals surface area contributed by atoms with Crippen LogP contribution < -0.4 is 10.6 Å². The third kappa shape index (κ3) is 4.35. The molecule has 0 heterocycles. The van der Waals surface area contributed by atoms with Crippen LogP contribution in [0, 0.1) is 0 Å². The molecule has 3 nitrogen and oxygen atoms in total. The smallest absolute Gasteiger partial charge is 0.319 e. The number of urea groups is 1. The quantitative estimate of drug-likeness (QED) is 0.831. The lowest BCUT2D eigenvalue weighted by Gasteiger charge is -2.16. The van der Waals surface area contributed by atoms with E-state index in [2.05, 4.69) is 23.6 Å². The summed E-state index contributed by atoms with van der Waals surface area (Å²) in [5, 5.41) is 5.91. The molecule has 0 aromatic heterocycles. The van der Waals surface area contributed by atoms with Crippen molar-refractivity contribution in [2.24, 2.45) is 0 Å². The maximum absolute atomic E-state index is 12.1. The zero-order valence-corrected chi connectivity index (χ0v) is 12.6. The van der Waals surface area contributed by atoms with Crippen LogP contribution in [0.4, 0.5) is 10.5 Å². The Morgan fingerprint density at radius 2 is 1.71 bits per heavy atom. The minimum absolute atomic E-state index is 0.0236. The summed E-state index contributed by atoms with van der Waals surface area (Å²) in [7, 11) is 0. The number of carbonyl (C=O) groups is 1. The number of hydrogen-bond acceptors (Lipinski definition) is 1. The van der Waals surface area contributed by atoms with Gasteiger partial charge in [0, 0.05) is 5.69 Å². The molecule has 110 valence electrons. The van der Waals surface area contributed by atoms with E-state index in [4.69, 9.17) is 0 Å². The summed E-state index contributed by atoms with van der Waals surface area (Å²) in [6, 6.07) is 17.7. The normalized spacial score (nSPS) is 11.7. The van der Waals surface area contributed by atoms with Crippen LogP contribution in [0.5, 0.6) is 0 Å². The van der Waals surface area contributed by atoms with Crippen LogP contribution in [0.2, 0.25) is 0 Å². The van der Waals surface area contributed by atoms with Crippen LogP contribution in [0.15, 0.2) is 54.6 Å². The molecular weight excluding hydrogens is 260 g/mol. The number of carbonyl (C=O) groups excluding carboxylic acids is 1. The molecule has 2 aromatic carbocycles. The van der Waals surface area contributed by atoms with Crippen molar-refractivity contribution < 1.29 is 4.79 Å². The maximum atomic E-state index is 12.1. The number of hydrogen-bond donors (Lipinski definition) is 2. The van der Waals surface area contributed by atoms with Crippen LogP contribution in [-0.2, 0) is 6.42 Å². The second-order valence-electron chi connectivity index (χ2n) is 5.14. The van der Waals surface area contributed by atoms with E-state index in [1.807, 2.05) is 55.5 Å². The molecule has 3 heteroatoms. The summed E-state index contributed by atoms with van der Waals surface area (Å²) >= 11 is 0. The summed E-state index contributed by atoms with van der Waals surface area (Å²) in [5.74, 6) is 0. The predicted molar refractivity (Wildman–Crippen MR) is 87.4 cm³/mol. The Morgan fingerprint density at radius 3 is 2.43 bits per heavy atom. The highest BCUT2D eigenvalue weighted by Crippen LogP contribution is 2.17. The summed E-state index contributed by atoms with van der Waals surface area (Å²) in [6.45, 7) is 4.11. The van der Waals surface area contributed by atoms with Gasteiger partial charge in [-0.25, -0.2) is 4.79 Å². The third-order valence-corrected chi connectivity index (χ3v) is 3.43. The highest BCUT2D eigenvalue weighted by molar-refractivity contribution is 5.90. The standard InChI is InChI=1S/C18H22N2O/c1-3-9-16-12-7-8-13-17(16)20-18(21)19-14(2)15-10-5-4-6-11-15/h4-8,10-14H,3,9H2,1-2H3,(H2,19,20,21)/t14-/m0/s1. The number of anilines is 1. The molecule has 0 fully saturated rings. The molecule has 2 rings (SSSR count). The molecule has 2 aromatic rings. The molecule has 21 heavy (non-hydrogen) atoms. The number of para-hydroxylation sites is 1. The van der Waals surface area contributed by atoms with Gasteiger partial charge in [-0.15, -0.1) is 0 Å². The number of benzene rings is 2. The average molecular weight is 282 g/mol. The van der Waals surface area contributed by atoms with Crippen molar-refractivity contribution in [3.8, 4) is 0 Å². The average Bonchev–Trinajstić information content (AvgIpc) is 2.50. The highest BCUT2D eigenvalue weighted by Gasteiger charge is 2.10. The van der Waals surface area contributed by atoms with E-state index >= 15 is 0 Å². The summed E-state index contributed by atoms with van der Waals surface area (Å²) in [5.41, 5.74) is 3.15. The molecule has 0 unspecified atom stereocenters. The minimum atomic E-state index is -0.171. The molecule has 2 amide bonds. The highest BCUT2D eigenvalue weighted by atomic mass is 16.2. The van der Waals surface area contributed by atoms with Gasteiger partial charge in [0.15, 0.2) is 0 Å². The first-order valence-electron chi connectivity index (χ1n) is 7.41. The second-order valence-corrected chi connectivity index (χ2v) is 5.14. The molecule has 1 atom stereocenters. The largest absolute Gasteiger partial charge is 0.331 e. The van der Waals surface area contributed by atoms with E-state index in [-0.39, 0.29) is 12.1 Å². The van der Waals surface area contributed by atoms with Gasteiger partial charge in [-0.2, -0.15) is 0 Å². The van der Waals surface area contributed by atoms with Gasteiger partial charge in [0.05, 0.1) is 6.04 Å². The van der Waals surface area contributed by atoms with Crippen LogP contribution in [0.1, 0.15) is 37.4 Å². The van der Waals surface area contributed by atoms with E-state index < -0.39 is 0 Å². The summed E-state index contributed by atoms with van der Waals surface area (Å²) < 4.78 is 0. The SMILES string of the molecule is CCCc1ccccc1NC(=O)N[C@@H](C)c1ccccc1. The van der Waals surface area contributed by atoms with E-state index in [0.717, 1.165) is 24.1 Å². The fraction of sp³-hybridized carbons (Fsp3) is 0.278. The van der Waals surface area contributed by atoms with Crippen molar-refractivity contribution in [3.05, 3.63) is 65.7 Å². The van der Waals surface area contributed by atoms with Crippen molar-refractivity contribution in [1.29, 1.82) is 0 Å². The van der Waals surface area contributed by atoms with E-state index in [0.29, 0.717) is 0 Å². The van der Waals surface area contributed by atoms with Crippen molar-refractivity contribution in [1.82, 2.24) is 5.32 Å². The molecule has 0 bridgehead atoms. The molecule has 0 spiro atoms. The first kappa shape index (κ1) is 15.1. The Balaban J connectivity index is 1.99. The summed E-state index contributed by atoms with van der Waals surface area (Å²) in [6.07, 6.45) is 2.02. The minimum Gasteiger partial charge on any atom is -0.331 e. The fourth-order valence-electron chi connectivity index (χ4n) is 2.31. The second kappa shape index (κ2) is 7.48. The molecule has 2 N–H and O–H groups in total. The lowest BCUT2D eigenvalue weighted by atomic mass is 10.1. The lowest BCUT2D eigenvalue weighted by Crippen LogP contribution is -2.31. The number of aryl methyl sites for hydroxylation is 1. The first-order chi connectivity index (χ1) is 10.2. The predicted octanol–water partition coefficient (Wildman–Crippen LogP) is 4.52. The zero-order valence-electron chi connectivity index (χ0n) is 12.6. The Bertz CT molecular complexity index is 581. The number of amides is 2. The zero-order chi connectivity index (χ0) is 15.1. The van der Waals surface area contributed by atoms with Gasteiger partial charge in [0.2, 0.25) is 0 Å². The van der Waals surface area contributed by atoms with Crippen LogP contribution in [-0.4, -0.2) is 6.03 Å². The maximum Gasteiger partial charge on any atom is 0.319 e. The first-order valence-corrected chi connectivity index (χ1v) is 7.41. The van der Waals surface area contributed by atoms with Gasteiger partial charge in [-0.05, 0) is 30.5 Å². The van der Waals surface area contributed by atoms with Crippen molar-refractivity contribution in [3.63, 3.8) is 0 Å². The van der Waals surface area contributed by atoms with Gasteiger partial charge in [0.25, 0.3) is 0 Å². The fourth-order valence-corrected chi connectivity index (χ4v) is 2.31. The van der Waals surface area contributed by atoms with Crippen LogP contribution in [0.25, 0.3) is 0 Å². The summed E-state index contributed by atoms with van der Waals surface area (Å²) in [4.78, 5) is 12.1. The molecule has 0 saturated carbocycles. The van der Waals surface area contributed by atoms with E-state index in [1.165, 1.54) is 5.56 Å². The van der Waals surface area contributed by atoms with Gasteiger partial charge in [-0.3, -0.25) is 0 Å². The van der Waals surface area contributed by atoms with Crippen molar-refractivity contribution in [2.45, 2.75) is 32.7 Å². The van der Waals surface area contributed by atoms with Crippen LogP contribution >= 0.6 is 0 Å². The monoisotopic (exact) mass is 282 g/mol. The van der Waals surface area contributed by atoms with Crippen molar-refractivity contribution >= 4 is 11.7 Å². The van der Waals surface area contributed by atoms with Gasteiger partial charge in [-0.1, -0.05) is 61.9 Å². The van der Waals surface area contributed by atoms with E-state index in [9.17, 15) is 4.79 Å². The Hall–Kier alpha value is -2.29. The Kier molecular flexibility index (Phi) is 5.38. The molecule has 0 saturated heterocycles. The molecule has 0 aliphatic heterocycles. The van der Waals surface area contributed by atoms with Crippen LogP contribution in [0.3, 0.4) is 0 Å². The molecule has 0 aliphatic rings. The Labute approximate surface area is 126 Å². The van der Waals surface area contributed by atoms with Gasteiger partial charge < -0.3 is 10.6 Å². The van der Waals surface area contributed by atoms with Crippen molar-refractivity contribution in [2.75, 3.05) is 5.32 Å². The van der Waals surface area contributed by atoms with E-state index in [1.54, 1.807) is 0 Å². The Morgan fingerprint density at radius 1 is 1.05 bits per heavy atom. The molecule has 0 aliphatic carbocycles. The number of rotatable bonds is 5. The van der Waals surface area contributed by atoms with Gasteiger partial charge >= 0.3 is 6.03 Å². The number of nitrogens with one attached hydrogen (secondary N) is 2. The third-order valence-electron chi connectivity index (χ3n) is 3.43. The molecular formula is C18H22N2O.